The molecule has 126 valence electrons. The third kappa shape index (κ3) is 13.9. The largest absolute Gasteiger partial charge is 0.0856 e. The molecule has 0 nitrogen and oxygen atoms in total. The lowest BCUT2D eigenvalue weighted by molar-refractivity contribution is 0.888. The summed E-state index contributed by atoms with van der Waals surface area (Å²) in [5.74, 6) is 0. The quantitative estimate of drug-likeness (QED) is 0.340. The summed E-state index contributed by atoms with van der Waals surface area (Å²) in [6.07, 6.45) is 19.2. The van der Waals surface area contributed by atoms with Gasteiger partial charge in [-0.2, -0.15) is 0 Å². The van der Waals surface area contributed by atoms with Gasteiger partial charge in [0.1, 0.15) is 0 Å². The first-order valence-corrected chi connectivity index (χ1v) is 9.06. The topological polar surface area (TPSA) is 0 Å². The van der Waals surface area contributed by atoms with Crippen molar-refractivity contribution in [1.29, 1.82) is 0 Å². The monoisotopic (exact) mass is 302 g/mol. The van der Waals surface area contributed by atoms with Gasteiger partial charge in [-0.3, -0.25) is 0 Å². The highest BCUT2D eigenvalue weighted by Crippen LogP contribution is 2.13. The molecule has 0 radical (unpaired) electrons. The van der Waals surface area contributed by atoms with Crippen LogP contribution in [0.5, 0.6) is 0 Å². The second-order valence-electron chi connectivity index (χ2n) is 6.84. The van der Waals surface area contributed by atoms with Crippen LogP contribution in [-0.4, -0.2) is 0 Å². The molecular formula is C22H38. The average Bonchev–Trinajstić information content (AvgIpc) is 2.44. The molecule has 0 rings (SSSR count). The number of unbranched alkanes of at least 4 members (excludes halogenated alkanes) is 1. The highest BCUT2D eigenvalue weighted by atomic mass is 14.0. The highest BCUT2D eigenvalue weighted by molar-refractivity contribution is 5.07. The number of hydrogen-bond donors (Lipinski definition) is 0. The van der Waals surface area contributed by atoms with Crippen molar-refractivity contribution in [2.45, 2.75) is 92.9 Å². The molecule has 0 aromatic rings. The van der Waals surface area contributed by atoms with Gasteiger partial charge in [0.15, 0.2) is 0 Å². The van der Waals surface area contributed by atoms with Gasteiger partial charge < -0.3 is 0 Å². The van der Waals surface area contributed by atoms with Gasteiger partial charge in [0.05, 0.1) is 0 Å². The van der Waals surface area contributed by atoms with Crippen molar-refractivity contribution in [2.75, 3.05) is 0 Å². The van der Waals surface area contributed by atoms with E-state index < -0.39 is 0 Å². The van der Waals surface area contributed by atoms with Gasteiger partial charge in [-0.25, -0.2) is 0 Å². The fraction of sp³-hybridized carbons (Fsp3) is 0.636. The minimum atomic E-state index is 1.18. The molecule has 0 bridgehead atoms. The van der Waals surface area contributed by atoms with E-state index in [0.717, 1.165) is 0 Å². The number of rotatable bonds is 11. The minimum Gasteiger partial charge on any atom is -0.0856 e. The second-order valence-corrected chi connectivity index (χ2v) is 6.84. The molecular weight excluding hydrogens is 264 g/mol. The van der Waals surface area contributed by atoms with Crippen LogP contribution in [0.15, 0.2) is 46.6 Å². The normalized spacial score (nSPS) is 13.5. The summed E-state index contributed by atoms with van der Waals surface area (Å²) in [7, 11) is 0. The Bertz CT molecular complexity index is 398. The first-order valence-electron chi connectivity index (χ1n) is 9.06. The zero-order valence-electron chi connectivity index (χ0n) is 16.0. The molecule has 0 unspecified atom stereocenters. The summed E-state index contributed by atoms with van der Waals surface area (Å²) in [5, 5.41) is 0. The van der Waals surface area contributed by atoms with E-state index in [1.54, 1.807) is 5.57 Å². The second kappa shape index (κ2) is 13.6. The Hall–Kier alpha value is -1.04. The van der Waals surface area contributed by atoms with Crippen LogP contribution in [0.1, 0.15) is 92.9 Å². The lowest BCUT2D eigenvalue weighted by atomic mass is 10.0. The summed E-state index contributed by atoms with van der Waals surface area (Å²) < 4.78 is 0. The van der Waals surface area contributed by atoms with E-state index in [2.05, 4.69) is 65.8 Å². The van der Waals surface area contributed by atoms with Crippen LogP contribution < -0.4 is 0 Å². The molecule has 0 aliphatic rings. The lowest BCUT2D eigenvalue weighted by Crippen LogP contribution is -1.82. The van der Waals surface area contributed by atoms with Crippen molar-refractivity contribution in [3.63, 3.8) is 0 Å². The first-order chi connectivity index (χ1) is 10.5. The summed E-state index contributed by atoms with van der Waals surface area (Å²) >= 11 is 0. The molecule has 0 saturated carbocycles. The van der Waals surface area contributed by atoms with Gasteiger partial charge in [-0.15, -0.1) is 0 Å². The molecule has 0 aliphatic heterocycles. The zero-order chi connectivity index (χ0) is 16.8. The van der Waals surface area contributed by atoms with E-state index in [1.165, 1.54) is 68.1 Å². The number of allylic oxidation sites excluding steroid dienone is 8. The van der Waals surface area contributed by atoms with Crippen molar-refractivity contribution in [3.8, 4) is 0 Å². The molecule has 0 saturated heterocycles. The van der Waals surface area contributed by atoms with Crippen LogP contribution in [-0.2, 0) is 0 Å². The molecule has 22 heavy (non-hydrogen) atoms. The van der Waals surface area contributed by atoms with Gasteiger partial charge in [-0.05, 0) is 79.6 Å². The van der Waals surface area contributed by atoms with E-state index in [0.29, 0.717) is 0 Å². The summed E-state index contributed by atoms with van der Waals surface area (Å²) in [4.78, 5) is 0. The Morgan fingerprint density at radius 1 is 0.545 bits per heavy atom. The van der Waals surface area contributed by atoms with Gasteiger partial charge >= 0.3 is 0 Å². The van der Waals surface area contributed by atoms with Gasteiger partial charge in [0, 0.05) is 0 Å². The molecule has 0 aromatic heterocycles. The summed E-state index contributed by atoms with van der Waals surface area (Å²) in [6.45, 7) is 13.4. The molecule has 0 fully saturated rings. The summed E-state index contributed by atoms with van der Waals surface area (Å²) in [6, 6.07) is 0. The van der Waals surface area contributed by atoms with Crippen LogP contribution in [0, 0.1) is 0 Å². The van der Waals surface area contributed by atoms with Crippen LogP contribution in [0.4, 0.5) is 0 Å². The van der Waals surface area contributed by atoms with Gasteiger partial charge in [0.2, 0.25) is 0 Å². The van der Waals surface area contributed by atoms with Crippen molar-refractivity contribution in [1.82, 2.24) is 0 Å². The maximum Gasteiger partial charge on any atom is -0.0288 e. The molecule has 0 heterocycles. The Labute approximate surface area is 140 Å². The predicted octanol–water partition coefficient (Wildman–Crippen LogP) is 7.93. The Kier molecular flexibility index (Phi) is 13.0. The van der Waals surface area contributed by atoms with Crippen molar-refractivity contribution >= 4 is 0 Å². The molecule has 0 aromatic carbocycles. The minimum absolute atomic E-state index is 1.18. The number of hydrogen-bond acceptors (Lipinski definition) is 0. The SMILES string of the molecule is CCC/C=C(\C)CC/C=C(\C)CC/C=C(\C)CCC=C(C)C. The van der Waals surface area contributed by atoms with E-state index in [9.17, 15) is 0 Å². The maximum atomic E-state index is 2.43. The van der Waals surface area contributed by atoms with Crippen LogP contribution in [0.2, 0.25) is 0 Å². The lowest BCUT2D eigenvalue weighted by Gasteiger charge is -2.02. The smallest absolute Gasteiger partial charge is 0.0288 e. The Balaban J connectivity index is 3.94. The first kappa shape index (κ1) is 21.0. The van der Waals surface area contributed by atoms with E-state index in [1.807, 2.05) is 0 Å². The van der Waals surface area contributed by atoms with Crippen LogP contribution in [0.25, 0.3) is 0 Å². The molecule has 0 aliphatic carbocycles. The van der Waals surface area contributed by atoms with Crippen molar-refractivity contribution in [2.24, 2.45) is 0 Å². The molecule has 0 spiro atoms. The van der Waals surface area contributed by atoms with Gasteiger partial charge in [-0.1, -0.05) is 59.9 Å². The Morgan fingerprint density at radius 3 is 1.27 bits per heavy atom. The van der Waals surface area contributed by atoms with Crippen molar-refractivity contribution in [3.05, 3.63) is 46.6 Å². The average molecular weight is 303 g/mol. The standard InChI is InChI=1S/C22H38/c1-7-8-13-20(4)15-10-17-22(6)18-11-16-21(5)14-9-12-19(2)3/h12-13,16-17H,7-11,14-15,18H2,1-6H3/b20-13+,21-16+,22-17+. The molecule has 0 heteroatoms. The van der Waals surface area contributed by atoms with E-state index in [-0.39, 0.29) is 0 Å². The van der Waals surface area contributed by atoms with Crippen LogP contribution in [0.3, 0.4) is 0 Å². The predicted molar refractivity (Wildman–Crippen MR) is 103 cm³/mol. The van der Waals surface area contributed by atoms with E-state index in [4.69, 9.17) is 0 Å². The third-order valence-electron chi connectivity index (χ3n) is 3.94. The summed E-state index contributed by atoms with van der Waals surface area (Å²) in [5.41, 5.74) is 6.04. The Morgan fingerprint density at radius 2 is 0.909 bits per heavy atom. The molecule has 0 atom stereocenters. The van der Waals surface area contributed by atoms with E-state index >= 15 is 0 Å². The highest BCUT2D eigenvalue weighted by Gasteiger charge is 1.93. The maximum absolute atomic E-state index is 2.43. The molecule has 0 amide bonds. The fourth-order valence-corrected chi connectivity index (χ4v) is 2.38. The fourth-order valence-electron chi connectivity index (χ4n) is 2.38. The molecule has 0 N–H and O–H groups in total. The third-order valence-corrected chi connectivity index (χ3v) is 3.94. The van der Waals surface area contributed by atoms with Crippen molar-refractivity contribution < 1.29 is 0 Å². The zero-order valence-corrected chi connectivity index (χ0v) is 16.0. The van der Waals surface area contributed by atoms with Crippen LogP contribution >= 0.6 is 0 Å². The van der Waals surface area contributed by atoms with Gasteiger partial charge in [0.25, 0.3) is 0 Å².